The Kier molecular flexibility index (Phi) is 6.19. The van der Waals surface area contributed by atoms with Crippen LogP contribution < -0.4 is 10.6 Å². The first-order valence-corrected chi connectivity index (χ1v) is 11.0. The minimum atomic E-state index is -0.678. The Morgan fingerprint density at radius 2 is 2.03 bits per heavy atom. The minimum absolute atomic E-state index is 0.176. The maximum Gasteiger partial charge on any atom is 0.235 e. The first-order valence-electron chi connectivity index (χ1n) is 11.0. The van der Waals surface area contributed by atoms with Gasteiger partial charge in [0.25, 0.3) is 0 Å². The second kappa shape index (κ2) is 9.57. The number of carbonyl (C=O) groups excluding carboxylic acids is 1. The number of H-pyrrole nitrogens is 1. The topological polar surface area (TPSA) is 112 Å². The maximum atomic E-state index is 13.6. The fourth-order valence-electron chi connectivity index (χ4n) is 3.89. The molecule has 10 nitrogen and oxygen atoms in total. The van der Waals surface area contributed by atoms with Gasteiger partial charge >= 0.3 is 0 Å². The lowest BCUT2D eigenvalue weighted by Crippen LogP contribution is -2.44. The van der Waals surface area contributed by atoms with Crippen LogP contribution in [-0.2, 0) is 9.53 Å². The van der Waals surface area contributed by atoms with Gasteiger partial charge in [0.15, 0.2) is 17.5 Å². The van der Waals surface area contributed by atoms with Crippen molar-refractivity contribution in [1.29, 1.82) is 0 Å². The van der Waals surface area contributed by atoms with Crippen LogP contribution >= 0.6 is 0 Å². The molecule has 4 heterocycles. The van der Waals surface area contributed by atoms with Crippen molar-refractivity contribution in [3.63, 3.8) is 0 Å². The highest BCUT2D eigenvalue weighted by molar-refractivity contribution is 5.79. The van der Waals surface area contributed by atoms with Crippen molar-refractivity contribution in [3.05, 3.63) is 71.6 Å². The van der Waals surface area contributed by atoms with E-state index >= 15 is 0 Å². The van der Waals surface area contributed by atoms with Gasteiger partial charge < -0.3 is 15.4 Å². The maximum absolute atomic E-state index is 13.6. The van der Waals surface area contributed by atoms with E-state index < -0.39 is 6.04 Å². The summed E-state index contributed by atoms with van der Waals surface area (Å²) in [6.07, 6.45) is 1.80. The van der Waals surface area contributed by atoms with Crippen molar-refractivity contribution in [2.45, 2.75) is 13.0 Å². The number of nitrogens with one attached hydrogen (secondary N) is 3. The van der Waals surface area contributed by atoms with Gasteiger partial charge in [0, 0.05) is 31.0 Å². The number of aryl methyl sites for hydroxylation is 1. The third kappa shape index (κ3) is 4.90. The number of benzene rings is 1. The number of anilines is 2. The Hall–Kier alpha value is -3.83. The van der Waals surface area contributed by atoms with Crippen molar-refractivity contribution < 1.29 is 13.9 Å². The summed E-state index contributed by atoms with van der Waals surface area (Å²) in [4.78, 5) is 19.7. The molecule has 4 aromatic rings. The van der Waals surface area contributed by atoms with E-state index in [1.54, 1.807) is 22.8 Å². The van der Waals surface area contributed by atoms with Gasteiger partial charge in [-0.2, -0.15) is 5.10 Å². The second-order valence-electron chi connectivity index (χ2n) is 8.16. The van der Waals surface area contributed by atoms with Crippen LogP contribution in [0.25, 0.3) is 5.52 Å². The number of aromatic amines is 1. The number of morpholine rings is 1. The number of fused-ring (bicyclic) bond motifs is 1. The predicted octanol–water partition coefficient (Wildman–Crippen LogP) is 2.18. The molecule has 1 saturated heterocycles. The number of carbonyl (C=O) groups is 1. The molecule has 1 unspecified atom stereocenters. The number of hydrogen-bond acceptors (Lipinski definition) is 7. The highest BCUT2D eigenvalue weighted by Gasteiger charge is 2.24. The van der Waals surface area contributed by atoms with Crippen LogP contribution in [0.4, 0.5) is 16.0 Å². The summed E-state index contributed by atoms with van der Waals surface area (Å²) in [6, 6.07) is 10.9. The Morgan fingerprint density at radius 1 is 1.24 bits per heavy atom. The Labute approximate surface area is 195 Å². The molecule has 0 radical (unpaired) electrons. The molecular formula is C23H25FN8O2. The van der Waals surface area contributed by atoms with E-state index in [1.807, 2.05) is 30.0 Å². The molecule has 1 aliphatic rings. The summed E-state index contributed by atoms with van der Waals surface area (Å²) >= 11 is 0. The molecule has 1 aromatic carbocycles. The highest BCUT2D eigenvalue weighted by Crippen LogP contribution is 2.25. The number of nitrogens with zero attached hydrogens (tertiary/aromatic N) is 5. The summed E-state index contributed by atoms with van der Waals surface area (Å²) in [6.45, 7) is 4.72. The zero-order chi connectivity index (χ0) is 23.5. The second-order valence-corrected chi connectivity index (χ2v) is 8.16. The third-order valence-corrected chi connectivity index (χ3v) is 5.60. The van der Waals surface area contributed by atoms with E-state index in [0.717, 1.165) is 11.2 Å². The Balaban J connectivity index is 1.49. The monoisotopic (exact) mass is 464 g/mol. The molecule has 1 fully saturated rings. The molecular weight excluding hydrogens is 439 g/mol. The van der Waals surface area contributed by atoms with E-state index in [2.05, 4.69) is 25.9 Å². The van der Waals surface area contributed by atoms with Crippen LogP contribution in [0.15, 0.2) is 48.7 Å². The summed E-state index contributed by atoms with van der Waals surface area (Å²) in [5.41, 5.74) is 2.33. The first kappa shape index (κ1) is 22.0. The summed E-state index contributed by atoms with van der Waals surface area (Å²) < 4.78 is 20.7. The summed E-state index contributed by atoms with van der Waals surface area (Å²) in [5.74, 6) is 0.974. The number of amides is 1. The summed E-state index contributed by atoms with van der Waals surface area (Å²) in [5, 5.41) is 18.0. The van der Waals surface area contributed by atoms with Gasteiger partial charge in [-0.15, -0.1) is 5.10 Å². The summed E-state index contributed by atoms with van der Waals surface area (Å²) in [7, 11) is 0. The van der Waals surface area contributed by atoms with Crippen molar-refractivity contribution in [2.24, 2.45) is 0 Å². The first-order chi connectivity index (χ1) is 16.5. The number of ether oxygens (including phenoxy) is 1. The van der Waals surface area contributed by atoms with E-state index in [0.29, 0.717) is 49.3 Å². The normalized spacial score (nSPS) is 15.4. The molecule has 5 rings (SSSR count). The largest absolute Gasteiger partial charge is 0.379 e. The number of halogens is 1. The van der Waals surface area contributed by atoms with Crippen molar-refractivity contribution >= 4 is 23.1 Å². The molecule has 34 heavy (non-hydrogen) atoms. The molecule has 3 N–H and O–H groups in total. The van der Waals surface area contributed by atoms with E-state index in [4.69, 9.17) is 9.72 Å². The molecule has 0 saturated carbocycles. The molecule has 176 valence electrons. The Morgan fingerprint density at radius 3 is 2.76 bits per heavy atom. The molecule has 1 aliphatic heterocycles. The van der Waals surface area contributed by atoms with Gasteiger partial charge in [0.05, 0.1) is 19.8 Å². The third-order valence-electron chi connectivity index (χ3n) is 5.60. The average Bonchev–Trinajstić information content (AvgIpc) is 3.47. The van der Waals surface area contributed by atoms with Crippen LogP contribution in [0.2, 0.25) is 0 Å². The number of rotatable bonds is 7. The zero-order valence-corrected chi connectivity index (χ0v) is 18.7. The predicted molar refractivity (Wildman–Crippen MR) is 123 cm³/mol. The van der Waals surface area contributed by atoms with Crippen molar-refractivity contribution in [2.75, 3.05) is 38.2 Å². The lowest BCUT2D eigenvalue weighted by Gasteiger charge is -2.27. The zero-order valence-electron chi connectivity index (χ0n) is 18.7. The lowest BCUT2D eigenvalue weighted by atomic mass is 10.1. The molecule has 1 amide bonds. The van der Waals surface area contributed by atoms with Gasteiger partial charge in [-0.05, 0) is 36.8 Å². The van der Waals surface area contributed by atoms with E-state index in [9.17, 15) is 9.18 Å². The fraction of sp³-hybridized carbons (Fsp3) is 0.304. The molecule has 0 spiro atoms. The van der Waals surface area contributed by atoms with Gasteiger partial charge in [0.1, 0.15) is 17.4 Å². The van der Waals surface area contributed by atoms with Crippen LogP contribution in [0.5, 0.6) is 0 Å². The average molecular weight is 465 g/mol. The van der Waals surface area contributed by atoms with Gasteiger partial charge in [-0.1, -0.05) is 12.1 Å². The van der Waals surface area contributed by atoms with Crippen LogP contribution in [0.3, 0.4) is 0 Å². The van der Waals surface area contributed by atoms with Crippen molar-refractivity contribution in [1.82, 2.24) is 35.0 Å². The minimum Gasteiger partial charge on any atom is -0.379 e. The van der Waals surface area contributed by atoms with Crippen molar-refractivity contribution in [3.8, 4) is 0 Å². The molecule has 3 aromatic heterocycles. The van der Waals surface area contributed by atoms with Crippen LogP contribution in [0.1, 0.15) is 23.1 Å². The van der Waals surface area contributed by atoms with Gasteiger partial charge in [-0.25, -0.2) is 13.9 Å². The van der Waals surface area contributed by atoms with Crippen LogP contribution in [-0.4, -0.2) is 68.5 Å². The Bertz CT molecular complexity index is 1280. The molecule has 0 aliphatic carbocycles. The molecule has 1 atom stereocenters. The van der Waals surface area contributed by atoms with Gasteiger partial charge in [0.2, 0.25) is 5.91 Å². The fourth-order valence-corrected chi connectivity index (χ4v) is 3.89. The number of hydrogen-bond donors (Lipinski definition) is 3. The molecule has 0 bridgehead atoms. The molecule has 11 heteroatoms. The van der Waals surface area contributed by atoms with Crippen LogP contribution in [0, 0.1) is 12.7 Å². The highest BCUT2D eigenvalue weighted by atomic mass is 19.1. The van der Waals surface area contributed by atoms with Gasteiger partial charge in [-0.3, -0.25) is 14.8 Å². The van der Waals surface area contributed by atoms with E-state index in [-0.39, 0.29) is 18.3 Å². The smallest absolute Gasteiger partial charge is 0.235 e. The standard InChI is InChI=1S/C23H25FN8O2/c1-15-13-19(29-28-15)25-22-18-3-2-8-32(18)30-23(27-22)21(16-4-6-17(24)7-5-16)26-20(33)14-31-9-11-34-12-10-31/h2-8,13,21H,9-12,14H2,1H3,(H,26,33)(H2,25,27,28,29,30). The quantitative estimate of drug-likeness (QED) is 0.384. The number of aromatic nitrogens is 5. The van der Waals surface area contributed by atoms with E-state index in [1.165, 1.54) is 12.1 Å². The lowest BCUT2D eigenvalue weighted by molar-refractivity contribution is -0.123. The SMILES string of the molecule is Cc1cc(Nc2nc(C(NC(=O)CN3CCOCC3)c3ccc(F)cc3)nn3cccc23)n[nH]1.